The number of aromatic nitrogens is 3. The van der Waals surface area contributed by atoms with E-state index in [-0.39, 0.29) is 114 Å². The molecule has 0 bridgehead atoms. The SMILES string of the molecule is C=C1/C=C\C=C/CNC=C1C[C@H](NC(=O)[C@H](CCCN=C(N)N)NC(=O)[C@H](CCCCN)NC(=O)[C@H](CCCN=C(N)N)NC(=O)[C@@H](NC)[C@@H](C)CC)C(=O)N[C@@H](Cc1cnc[nH]1)C(=O)N[C@@H](CCCN=C(N)N)C(=O)N[C@@H](Cc1c[nH]c2ccccc12)C(N)=O. The first kappa shape index (κ1) is 73.7. The van der Waals surface area contributed by atoms with Crippen LogP contribution in [0, 0.1) is 5.92 Å². The number of aromatic amines is 2. The Labute approximate surface area is 530 Å². The van der Waals surface area contributed by atoms with Crippen molar-refractivity contribution in [1.82, 2.24) is 62.8 Å². The van der Waals surface area contributed by atoms with Crippen LogP contribution < -0.4 is 93.7 Å². The second kappa shape index (κ2) is 39.3. The Bertz CT molecular complexity index is 3070. The number of fused-ring (bicyclic) bond motifs is 1. The highest BCUT2D eigenvalue weighted by atomic mass is 16.2. The molecule has 0 saturated heterocycles. The van der Waals surface area contributed by atoms with Crippen molar-refractivity contribution in [3.8, 4) is 0 Å². The Morgan fingerprint density at radius 2 is 1.09 bits per heavy atom. The molecule has 1 aliphatic rings. The number of likely N-dealkylation sites (N-methyl/N-ethyl adjacent to an activating group) is 1. The minimum atomic E-state index is -1.52. The molecule has 2 aromatic heterocycles. The molecule has 3 heterocycles. The molecule has 8 amide bonds. The van der Waals surface area contributed by atoms with Crippen LogP contribution in [0.15, 0.2) is 106 Å². The molecule has 0 saturated carbocycles. The Balaban J connectivity index is 1.73. The van der Waals surface area contributed by atoms with Gasteiger partial charge in [-0.05, 0) is 100 Å². The molecule has 498 valence electrons. The number of carbonyl (C=O) groups is 8. The highest BCUT2D eigenvalue weighted by Crippen LogP contribution is 2.21. The van der Waals surface area contributed by atoms with Gasteiger partial charge in [-0.2, -0.15) is 0 Å². The van der Waals surface area contributed by atoms with Crippen LogP contribution in [-0.4, -0.2) is 168 Å². The maximum atomic E-state index is 15.2. The van der Waals surface area contributed by atoms with Gasteiger partial charge >= 0.3 is 0 Å². The molecule has 31 heteroatoms. The number of unbranched alkanes of at least 4 members (excludes halogenated alkanes) is 1. The largest absolute Gasteiger partial charge is 0.387 e. The number of hydrogen-bond acceptors (Lipinski definition) is 15. The lowest BCUT2D eigenvalue weighted by Crippen LogP contribution is -2.60. The molecule has 3 aromatic rings. The Morgan fingerprint density at radius 1 is 0.604 bits per heavy atom. The van der Waals surface area contributed by atoms with Gasteiger partial charge in [-0.1, -0.05) is 69.4 Å². The monoisotopic (exact) mass is 1270 g/mol. The standard InChI is InChI=1S/C60H95N23O8/c1-5-35(2)49(69-4)57(91)80-45(22-15-27-74-60(67)68)52(86)77-42(19-10-11-23-61)51(85)78-44(21-14-26-73-59(65)66)54(88)82-47(28-37-31-70-24-12-6-7-16-36(37)3)55(89)83-48(30-39-33-71-34-76-39)56(90)79-43(20-13-25-72-58(63)64)53(87)81-46(50(62)84)29-38-32-75-41-18-9-8-17-40(38)41/h6-9,12,16-18,31-35,42-49,69-70,75H,3,5,10-11,13-15,19-30,61H2,1-2,4H3,(H2,62,84)(H,71,76)(H,77,86)(H,78,85)(H,79,90)(H,80,91)(H,81,87)(H,82,88)(H,83,89)(H4,63,64,72)(H4,65,66,73)(H4,67,68,74)/b12-6-,16-7-,37-31?/t35-,42-,43-,44-,45-,46-,47-,48-,49-/m0/s1. The van der Waals surface area contributed by atoms with E-state index in [2.05, 4.69) is 84.4 Å². The van der Waals surface area contributed by atoms with Gasteiger partial charge in [-0.3, -0.25) is 53.3 Å². The van der Waals surface area contributed by atoms with Crippen LogP contribution in [0.4, 0.5) is 0 Å². The van der Waals surface area contributed by atoms with Crippen molar-refractivity contribution >= 4 is 76.0 Å². The molecule has 9 atom stereocenters. The van der Waals surface area contributed by atoms with Crippen molar-refractivity contribution < 1.29 is 38.4 Å². The molecule has 1 aliphatic heterocycles. The summed E-state index contributed by atoms with van der Waals surface area (Å²) < 4.78 is 0. The number of nitrogens with two attached hydrogens (primary N) is 8. The lowest BCUT2D eigenvalue weighted by molar-refractivity contribution is -0.136. The number of nitrogens with zero attached hydrogens (tertiary/aromatic N) is 4. The maximum Gasteiger partial charge on any atom is 0.243 e. The van der Waals surface area contributed by atoms with Crippen molar-refractivity contribution in [2.24, 2.45) is 66.8 Å². The Morgan fingerprint density at radius 3 is 1.57 bits per heavy atom. The van der Waals surface area contributed by atoms with E-state index in [4.69, 9.17) is 45.9 Å². The smallest absolute Gasteiger partial charge is 0.243 e. The summed E-state index contributed by atoms with van der Waals surface area (Å²) in [4.78, 5) is 137. The number of guanidine groups is 3. The maximum absolute atomic E-state index is 15.2. The molecule has 31 nitrogen and oxygen atoms in total. The number of benzene rings is 1. The summed E-state index contributed by atoms with van der Waals surface area (Å²) in [5, 5.41) is 26.5. The molecule has 91 heavy (non-hydrogen) atoms. The fourth-order valence-electron chi connectivity index (χ4n) is 9.84. The minimum absolute atomic E-state index is 0.00422. The van der Waals surface area contributed by atoms with Crippen LogP contribution >= 0.6 is 0 Å². The zero-order valence-electron chi connectivity index (χ0n) is 52.2. The number of carbonyl (C=O) groups excluding carboxylic acids is 8. The van der Waals surface area contributed by atoms with Crippen LogP contribution in [0.25, 0.3) is 10.9 Å². The zero-order chi connectivity index (χ0) is 66.8. The van der Waals surface area contributed by atoms with Gasteiger partial charge in [0.25, 0.3) is 0 Å². The number of H-pyrrole nitrogens is 2. The molecule has 0 spiro atoms. The topological polar surface area (TPSA) is 535 Å². The fourth-order valence-corrected chi connectivity index (χ4v) is 9.84. The lowest BCUT2D eigenvalue weighted by atomic mass is 9.97. The predicted octanol–water partition coefficient (Wildman–Crippen LogP) is -2.98. The van der Waals surface area contributed by atoms with Crippen molar-refractivity contribution in [1.29, 1.82) is 0 Å². The predicted molar refractivity (Wildman–Crippen MR) is 350 cm³/mol. The minimum Gasteiger partial charge on any atom is -0.387 e. The highest BCUT2D eigenvalue weighted by Gasteiger charge is 2.36. The molecular formula is C60H95N23O8. The third-order valence-electron chi connectivity index (χ3n) is 15.0. The molecule has 0 radical (unpaired) electrons. The van der Waals surface area contributed by atoms with Crippen LogP contribution in [-0.2, 0) is 51.2 Å². The number of nitrogens with one attached hydrogen (secondary N) is 11. The summed E-state index contributed by atoms with van der Waals surface area (Å²) in [5.74, 6) is -6.83. The number of rotatable bonds is 40. The van der Waals surface area contributed by atoms with Gasteiger partial charge < -0.3 is 104 Å². The first-order valence-corrected chi connectivity index (χ1v) is 30.5. The van der Waals surface area contributed by atoms with Crippen molar-refractivity contribution in [2.75, 3.05) is 39.8 Å². The number of primary amides is 1. The van der Waals surface area contributed by atoms with Crippen molar-refractivity contribution in [2.45, 2.75) is 146 Å². The first-order chi connectivity index (χ1) is 43.5. The number of amides is 8. The van der Waals surface area contributed by atoms with E-state index >= 15 is 9.59 Å². The summed E-state index contributed by atoms with van der Waals surface area (Å²) in [7, 11) is 1.64. The van der Waals surface area contributed by atoms with Crippen LogP contribution in [0.3, 0.4) is 0 Å². The van der Waals surface area contributed by atoms with E-state index in [9.17, 15) is 28.8 Å². The van der Waals surface area contributed by atoms with Crippen molar-refractivity contribution in [3.63, 3.8) is 0 Å². The third kappa shape index (κ3) is 26.1. The number of para-hydroxylation sites is 1. The summed E-state index contributed by atoms with van der Waals surface area (Å²) >= 11 is 0. The van der Waals surface area contributed by atoms with Gasteiger partial charge in [0.1, 0.15) is 42.3 Å². The average molecular weight is 1270 g/mol. The van der Waals surface area contributed by atoms with Crippen LogP contribution in [0.5, 0.6) is 0 Å². The van der Waals surface area contributed by atoms with E-state index in [1.807, 2.05) is 44.2 Å². The normalized spacial score (nSPS) is 15.7. The van der Waals surface area contributed by atoms with E-state index in [1.165, 1.54) is 12.5 Å². The van der Waals surface area contributed by atoms with Gasteiger partial charge in [-0.25, -0.2) is 4.98 Å². The number of imidazole rings is 1. The number of aliphatic imine (C=N–C) groups is 3. The quantitative estimate of drug-likeness (QED) is 0.0154. The first-order valence-electron chi connectivity index (χ1n) is 30.5. The zero-order valence-corrected chi connectivity index (χ0v) is 52.2. The summed E-state index contributed by atoms with van der Waals surface area (Å²) in [5.41, 5.74) is 48.2. The van der Waals surface area contributed by atoms with Crippen LogP contribution in [0.1, 0.15) is 95.7 Å². The molecule has 0 fully saturated rings. The molecule has 0 unspecified atom stereocenters. The third-order valence-corrected chi connectivity index (χ3v) is 15.0. The van der Waals surface area contributed by atoms with E-state index in [0.29, 0.717) is 48.2 Å². The molecule has 4 rings (SSSR count). The van der Waals surface area contributed by atoms with Gasteiger partial charge in [0.05, 0.1) is 12.4 Å². The van der Waals surface area contributed by atoms with Gasteiger partial charge in [0.2, 0.25) is 47.3 Å². The highest BCUT2D eigenvalue weighted by molar-refractivity contribution is 5.98. The lowest BCUT2D eigenvalue weighted by Gasteiger charge is -2.29. The van der Waals surface area contributed by atoms with E-state index in [1.54, 1.807) is 37.7 Å². The molecule has 1 aromatic carbocycles. The number of allylic oxidation sites excluding steroid dienone is 4. The van der Waals surface area contributed by atoms with E-state index in [0.717, 1.165) is 10.9 Å². The summed E-state index contributed by atoms with van der Waals surface area (Å²) in [6.07, 6.45) is 14.8. The second-order valence-corrected chi connectivity index (χ2v) is 22.1. The van der Waals surface area contributed by atoms with Gasteiger partial charge in [0.15, 0.2) is 17.9 Å². The van der Waals surface area contributed by atoms with Gasteiger partial charge in [-0.15, -0.1) is 0 Å². The second-order valence-electron chi connectivity index (χ2n) is 22.1. The Hall–Kier alpha value is -9.78. The van der Waals surface area contributed by atoms with Crippen LogP contribution in [0.2, 0.25) is 0 Å². The van der Waals surface area contributed by atoms with E-state index < -0.39 is 95.6 Å². The number of hydrogen-bond donors (Lipinski definition) is 19. The van der Waals surface area contributed by atoms with Gasteiger partial charge in [0, 0.05) is 80.6 Å². The summed E-state index contributed by atoms with van der Waals surface area (Å²) in [6.45, 7) is 8.90. The Kier molecular flexibility index (Phi) is 31.8. The fraction of sp³-hybridized carbons (Fsp3) is 0.500. The molecule has 27 N–H and O–H groups in total. The van der Waals surface area contributed by atoms with Crippen molar-refractivity contribution in [3.05, 3.63) is 102 Å². The molecular weight excluding hydrogens is 1170 g/mol. The molecule has 0 aliphatic carbocycles. The summed E-state index contributed by atoms with van der Waals surface area (Å²) in [6, 6.07) is -2.71. The average Bonchev–Trinajstić information content (AvgIpc) is 2.34.